The molecule has 2 aromatic heterocycles. The van der Waals surface area contributed by atoms with E-state index < -0.39 is 0 Å². The topological polar surface area (TPSA) is 77.0 Å². The molecule has 4 rings (SSSR count). The molecule has 7 heteroatoms. The second-order valence-electron chi connectivity index (χ2n) is 6.76. The van der Waals surface area contributed by atoms with Gasteiger partial charge in [0.05, 0.1) is 18.0 Å². The monoisotopic (exact) mass is 419 g/mol. The lowest BCUT2D eigenvalue weighted by atomic mass is 10.1. The summed E-state index contributed by atoms with van der Waals surface area (Å²) in [5.41, 5.74) is 4.34. The van der Waals surface area contributed by atoms with Crippen LogP contribution in [0.15, 0.2) is 70.7 Å². The zero-order chi connectivity index (χ0) is 21.1. The number of nitrogens with one attached hydrogen (secondary N) is 1. The van der Waals surface area contributed by atoms with Crippen LogP contribution in [0.3, 0.4) is 0 Å². The Morgan fingerprint density at radius 3 is 2.70 bits per heavy atom. The van der Waals surface area contributed by atoms with Crippen molar-refractivity contribution in [1.29, 1.82) is 0 Å². The summed E-state index contributed by atoms with van der Waals surface area (Å²) >= 11 is 1.20. The highest BCUT2D eigenvalue weighted by Gasteiger charge is 2.19. The van der Waals surface area contributed by atoms with Crippen molar-refractivity contribution < 1.29 is 9.53 Å². The first kappa shape index (κ1) is 20.0. The van der Waals surface area contributed by atoms with Gasteiger partial charge in [0.15, 0.2) is 5.16 Å². The Hall–Kier alpha value is -3.32. The number of hydrogen-bond acceptors (Lipinski definition) is 5. The zero-order valence-electron chi connectivity index (χ0n) is 16.7. The third-order valence-electron chi connectivity index (χ3n) is 4.64. The van der Waals surface area contributed by atoms with Crippen molar-refractivity contribution in [3.63, 3.8) is 0 Å². The maximum absolute atomic E-state index is 13.4. The van der Waals surface area contributed by atoms with Crippen LogP contribution in [-0.2, 0) is 9.53 Å². The minimum absolute atomic E-state index is 0.0721. The summed E-state index contributed by atoms with van der Waals surface area (Å²) in [5.74, 6) is -0.270. The molecule has 0 fully saturated rings. The van der Waals surface area contributed by atoms with E-state index in [4.69, 9.17) is 9.72 Å². The van der Waals surface area contributed by atoms with Crippen LogP contribution in [0.25, 0.3) is 27.8 Å². The first-order valence-electron chi connectivity index (χ1n) is 9.63. The number of H-pyrrole nitrogens is 1. The Morgan fingerprint density at radius 1 is 1.17 bits per heavy atom. The lowest BCUT2D eigenvalue weighted by molar-refractivity contribution is -0.139. The molecule has 2 aromatic carbocycles. The minimum Gasteiger partial charge on any atom is -0.465 e. The van der Waals surface area contributed by atoms with Crippen molar-refractivity contribution in [2.24, 2.45) is 0 Å². The maximum Gasteiger partial charge on any atom is 0.316 e. The molecule has 0 bridgehead atoms. The van der Waals surface area contributed by atoms with Crippen LogP contribution >= 0.6 is 11.8 Å². The fraction of sp³-hybridized carbons (Fsp3) is 0.174. The SMILES string of the molecule is CCOC(=O)CSc1nc2c(-c3ccccc3)c[nH]c2c(=O)n1-c1cccc(C)c1. The zero-order valence-corrected chi connectivity index (χ0v) is 17.5. The van der Waals surface area contributed by atoms with Gasteiger partial charge in [-0.25, -0.2) is 4.98 Å². The summed E-state index contributed by atoms with van der Waals surface area (Å²) in [5, 5.41) is 0.447. The van der Waals surface area contributed by atoms with Crippen LogP contribution in [0.2, 0.25) is 0 Å². The molecule has 0 saturated carbocycles. The van der Waals surface area contributed by atoms with Gasteiger partial charge >= 0.3 is 5.97 Å². The van der Waals surface area contributed by atoms with Gasteiger partial charge in [-0.15, -0.1) is 0 Å². The molecule has 0 saturated heterocycles. The number of rotatable bonds is 6. The number of aromatic amines is 1. The van der Waals surface area contributed by atoms with Gasteiger partial charge < -0.3 is 9.72 Å². The van der Waals surface area contributed by atoms with E-state index in [1.54, 1.807) is 17.7 Å². The van der Waals surface area contributed by atoms with Gasteiger partial charge in [-0.1, -0.05) is 54.2 Å². The van der Waals surface area contributed by atoms with Crippen LogP contribution < -0.4 is 5.56 Å². The van der Waals surface area contributed by atoms with Crippen LogP contribution in [0.4, 0.5) is 0 Å². The molecule has 0 unspecified atom stereocenters. The average Bonchev–Trinajstić information content (AvgIpc) is 3.17. The molecule has 0 radical (unpaired) electrons. The van der Waals surface area contributed by atoms with Crippen LogP contribution in [0.1, 0.15) is 12.5 Å². The number of ether oxygens (including phenoxy) is 1. The highest BCUT2D eigenvalue weighted by atomic mass is 32.2. The van der Waals surface area contributed by atoms with E-state index in [0.29, 0.717) is 28.5 Å². The molecule has 0 aliphatic heterocycles. The Balaban J connectivity index is 1.90. The molecule has 2 heterocycles. The van der Waals surface area contributed by atoms with E-state index in [9.17, 15) is 9.59 Å². The molecular formula is C23H21N3O3S. The molecule has 0 aliphatic carbocycles. The molecule has 1 N–H and O–H groups in total. The average molecular weight is 420 g/mol. The van der Waals surface area contributed by atoms with Crippen LogP contribution in [-0.4, -0.2) is 32.9 Å². The molecule has 0 amide bonds. The highest BCUT2D eigenvalue weighted by Crippen LogP contribution is 2.29. The summed E-state index contributed by atoms with van der Waals surface area (Å²) in [6, 6.07) is 17.4. The van der Waals surface area contributed by atoms with Gasteiger partial charge in [-0.3, -0.25) is 14.2 Å². The van der Waals surface area contributed by atoms with E-state index >= 15 is 0 Å². The Kier molecular flexibility index (Phi) is 5.72. The third-order valence-corrected chi connectivity index (χ3v) is 5.55. The number of benzene rings is 2. The van der Waals surface area contributed by atoms with Crippen LogP contribution in [0, 0.1) is 6.92 Å². The Morgan fingerprint density at radius 2 is 1.97 bits per heavy atom. The number of aromatic nitrogens is 3. The smallest absolute Gasteiger partial charge is 0.316 e. The molecular weight excluding hydrogens is 398 g/mol. The first-order valence-corrected chi connectivity index (χ1v) is 10.6. The predicted molar refractivity (Wildman–Crippen MR) is 119 cm³/mol. The normalized spacial score (nSPS) is 11.0. The number of aryl methyl sites for hydroxylation is 1. The molecule has 152 valence electrons. The second kappa shape index (κ2) is 8.59. The van der Waals surface area contributed by atoms with Crippen molar-refractivity contribution in [2.75, 3.05) is 12.4 Å². The summed E-state index contributed by atoms with van der Waals surface area (Å²) in [7, 11) is 0. The number of thioether (sulfide) groups is 1. The lowest BCUT2D eigenvalue weighted by Crippen LogP contribution is -2.22. The number of carbonyl (C=O) groups is 1. The molecule has 30 heavy (non-hydrogen) atoms. The van der Waals surface area contributed by atoms with Crippen LogP contribution in [0.5, 0.6) is 0 Å². The summed E-state index contributed by atoms with van der Waals surface area (Å²) in [6.45, 7) is 4.04. The number of hydrogen-bond donors (Lipinski definition) is 1. The van der Waals surface area contributed by atoms with Crippen molar-refractivity contribution in [3.05, 3.63) is 76.7 Å². The standard InChI is InChI=1S/C23H21N3O3S/c1-3-29-19(27)14-30-23-25-20-18(16-9-5-4-6-10-16)13-24-21(20)22(28)26(23)17-11-7-8-15(2)12-17/h4-13,24H,3,14H2,1-2H3. The Bertz CT molecular complexity index is 1260. The number of nitrogens with zero attached hydrogens (tertiary/aromatic N) is 2. The first-order chi connectivity index (χ1) is 14.6. The van der Waals surface area contributed by atoms with Crippen molar-refractivity contribution in [2.45, 2.75) is 19.0 Å². The quantitative estimate of drug-likeness (QED) is 0.286. The second-order valence-corrected chi connectivity index (χ2v) is 7.70. The fourth-order valence-corrected chi connectivity index (χ4v) is 4.10. The molecule has 0 spiro atoms. The van der Waals surface area contributed by atoms with Crippen molar-refractivity contribution in [1.82, 2.24) is 14.5 Å². The summed E-state index contributed by atoms with van der Waals surface area (Å²) in [4.78, 5) is 33.3. The summed E-state index contributed by atoms with van der Waals surface area (Å²) < 4.78 is 6.59. The van der Waals surface area contributed by atoms with E-state index in [1.165, 1.54) is 11.8 Å². The van der Waals surface area contributed by atoms with Gasteiger partial charge in [0, 0.05) is 11.8 Å². The van der Waals surface area contributed by atoms with Gasteiger partial charge in [-0.2, -0.15) is 0 Å². The van der Waals surface area contributed by atoms with Crippen molar-refractivity contribution >= 4 is 28.8 Å². The lowest BCUT2D eigenvalue weighted by Gasteiger charge is -2.13. The van der Waals surface area contributed by atoms with Crippen molar-refractivity contribution in [3.8, 4) is 16.8 Å². The van der Waals surface area contributed by atoms with Gasteiger partial charge in [-0.05, 0) is 37.1 Å². The highest BCUT2D eigenvalue weighted by molar-refractivity contribution is 7.99. The Labute approximate surface area is 177 Å². The molecule has 0 atom stereocenters. The van der Waals surface area contributed by atoms with Gasteiger partial charge in [0.25, 0.3) is 5.56 Å². The predicted octanol–water partition coefficient (Wildman–Crippen LogP) is 4.34. The molecule has 0 aliphatic rings. The molecule has 6 nitrogen and oxygen atoms in total. The number of carbonyl (C=O) groups excluding carboxylic acids is 1. The van der Waals surface area contributed by atoms with E-state index in [-0.39, 0.29) is 17.3 Å². The number of esters is 1. The fourth-order valence-electron chi connectivity index (χ4n) is 3.29. The van der Waals surface area contributed by atoms with Gasteiger partial charge in [0.1, 0.15) is 11.0 Å². The minimum atomic E-state index is -0.343. The largest absolute Gasteiger partial charge is 0.465 e. The summed E-state index contributed by atoms with van der Waals surface area (Å²) in [6.07, 6.45) is 1.80. The molecule has 4 aromatic rings. The van der Waals surface area contributed by atoms with E-state index in [1.807, 2.05) is 61.5 Å². The number of fused-ring (bicyclic) bond motifs is 1. The maximum atomic E-state index is 13.4. The third kappa shape index (κ3) is 3.89. The van der Waals surface area contributed by atoms with E-state index in [0.717, 1.165) is 16.7 Å². The van der Waals surface area contributed by atoms with E-state index in [2.05, 4.69) is 4.98 Å². The van der Waals surface area contributed by atoms with Gasteiger partial charge in [0.2, 0.25) is 0 Å².